The maximum Gasteiger partial charge on any atom is 0.135 e. The summed E-state index contributed by atoms with van der Waals surface area (Å²) in [6.07, 6.45) is 11.7. The van der Waals surface area contributed by atoms with Gasteiger partial charge in [0.1, 0.15) is 11.2 Å². The average molecular weight is 696 g/mol. The van der Waals surface area contributed by atoms with Gasteiger partial charge in [0.25, 0.3) is 0 Å². The molecule has 0 saturated heterocycles. The number of thiophene rings is 1. The molecule has 5 heteroatoms. The van der Waals surface area contributed by atoms with Gasteiger partial charge in [0.2, 0.25) is 0 Å². The summed E-state index contributed by atoms with van der Waals surface area (Å²) < 4.78 is 13.7. The molecule has 1 aliphatic rings. The van der Waals surface area contributed by atoms with Gasteiger partial charge in [-0.2, -0.15) is 0 Å². The van der Waals surface area contributed by atoms with Gasteiger partial charge in [-0.3, -0.25) is 4.98 Å². The van der Waals surface area contributed by atoms with Crippen molar-refractivity contribution < 1.29 is 4.42 Å². The van der Waals surface area contributed by atoms with E-state index in [2.05, 4.69) is 149 Å². The van der Waals surface area contributed by atoms with Crippen molar-refractivity contribution in [2.24, 2.45) is 0 Å². The van der Waals surface area contributed by atoms with Crippen LogP contribution in [0.15, 0.2) is 168 Å². The van der Waals surface area contributed by atoms with E-state index >= 15 is 0 Å². The zero-order valence-electron chi connectivity index (χ0n) is 28.5. The highest BCUT2D eigenvalue weighted by atomic mass is 32.1. The summed E-state index contributed by atoms with van der Waals surface area (Å²) in [5.74, 6) is 0. The molecule has 0 radical (unpaired) electrons. The van der Waals surface area contributed by atoms with E-state index in [0.29, 0.717) is 0 Å². The Morgan fingerprint density at radius 2 is 1.21 bits per heavy atom. The van der Waals surface area contributed by atoms with E-state index < -0.39 is 0 Å². The monoisotopic (exact) mass is 695 g/mol. The molecule has 11 aromatic rings. The highest BCUT2D eigenvalue weighted by molar-refractivity contribution is 7.27. The predicted molar refractivity (Wildman–Crippen MR) is 224 cm³/mol. The van der Waals surface area contributed by atoms with E-state index in [9.17, 15) is 0 Å². The molecule has 248 valence electrons. The number of allylic oxidation sites excluding steroid dienone is 6. The lowest BCUT2D eigenvalue weighted by Crippen LogP contribution is -1.96. The lowest BCUT2D eigenvalue weighted by atomic mass is 10.1. The molecule has 0 fully saturated rings. The molecule has 0 aliphatic heterocycles. The van der Waals surface area contributed by atoms with E-state index in [0.717, 1.165) is 45.4 Å². The Morgan fingerprint density at radius 1 is 0.547 bits per heavy atom. The summed E-state index contributed by atoms with van der Waals surface area (Å²) >= 11 is 1.93. The van der Waals surface area contributed by atoms with E-state index in [1.54, 1.807) is 0 Å². The van der Waals surface area contributed by atoms with Crippen molar-refractivity contribution in [2.45, 2.75) is 6.42 Å². The first-order valence-corrected chi connectivity index (χ1v) is 18.8. The first kappa shape index (κ1) is 28.9. The van der Waals surface area contributed by atoms with Crippen LogP contribution in [0.5, 0.6) is 0 Å². The third-order valence-corrected chi connectivity index (χ3v) is 12.3. The quantitative estimate of drug-likeness (QED) is 0.184. The molecule has 0 N–H and O–H groups in total. The standard InChI is InChI=1S/C48H29N3OS/c1-2-12-30(27-29(11-1)38-16-9-10-26-49-38)50-39-17-6-3-14-35(39)45-41(50)23-21-33-34-22-24-42-46(48(34)53-47(33)45)36-15-4-7-18-40(36)51(42)31-20-25-44-37(28-31)32-13-5-8-19-43(32)52-44/h1-10,12-28H,11H2. The minimum atomic E-state index is 0.838. The van der Waals surface area contributed by atoms with Crippen molar-refractivity contribution in [3.8, 4) is 5.69 Å². The van der Waals surface area contributed by atoms with Crippen LogP contribution in [0.4, 0.5) is 0 Å². The normalized spacial score (nSPS) is 13.7. The third kappa shape index (κ3) is 4.08. The molecule has 4 nitrogen and oxygen atoms in total. The Balaban J connectivity index is 1.13. The number of fused-ring (bicyclic) bond motifs is 14. The van der Waals surface area contributed by atoms with Crippen molar-refractivity contribution in [2.75, 3.05) is 0 Å². The SMILES string of the molecule is C1=CCC(c2ccccn2)=CC(n2c3ccccc3c3c4sc5c(ccc6c5c5ccccc5n6-c5ccc6oc7ccccc7c6c5)c4ccc32)=C1. The fourth-order valence-corrected chi connectivity index (χ4v) is 10.1. The van der Waals surface area contributed by atoms with E-state index in [1.807, 2.05) is 35.7 Å². The molecule has 0 saturated carbocycles. The summed E-state index contributed by atoms with van der Waals surface area (Å²) in [6, 6.07) is 48.1. The number of pyridine rings is 1. The van der Waals surface area contributed by atoms with Crippen LogP contribution < -0.4 is 0 Å². The van der Waals surface area contributed by atoms with Crippen LogP contribution in [-0.2, 0) is 0 Å². The number of furan rings is 1. The molecule has 6 aromatic carbocycles. The Kier molecular flexibility index (Phi) is 5.96. The first-order chi connectivity index (χ1) is 26.3. The van der Waals surface area contributed by atoms with Crippen LogP contribution in [-0.4, -0.2) is 14.1 Å². The summed E-state index contributed by atoms with van der Waals surface area (Å²) in [6.45, 7) is 0. The van der Waals surface area contributed by atoms with Crippen molar-refractivity contribution in [1.29, 1.82) is 0 Å². The number of hydrogen-bond donors (Lipinski definition) is 0. The minimum absolute atomic E-state index is 0.838. The molecule has 1 aliphatic carbocycles. The van der Waals surface area contributed by atoms with Gasteiger partial charge in [-0.1, -0.05) is 84.9 Å². The van der Waals surface area contributed by atoms with Crippen molar-refractivity contribution in [1.82, 2.24) is 14.1 Å². The zero-order chi connectivity index (χ0) is 34.6. The zero-order valence-corrected chi connectivity index (χ0v) is 29.3. The predicted octanol–water partition coefficient (Wildman–Crippen LogP) is 13.4. The highest BCUT2D eigenvalue weighted by Crippen LogP contribution is 2.48. The van der Waals surface area contributed by atoms with Crippen molar-refractivity contribution in [3.05, 3.63) is 170 Å². The number of aromatic nitrogens is 3. The van der Waals surface area contributed by atoms with Gasteiger partial charge in [-0.15, -0.1) is 11.3 Å². The van der Waals surface area contributed by atoms with Gasteiger partial charge >= 0.3 is 0 Å². The smallest absolute Gasteiger partial charge is 0.135 e. The number of benzene rings is 6. The van der Waals surface area contributed by atoms with Crippen LogP contribution in [0.2, 0.25) is 0 Å². The number of nitrogens with zero attached hydrogens (tertiary/aromatic N) is 3. The Hall–Kier alpha value is -6.69. The molecular formula is C48H29N3OS. The summed E-state index contributed by atoms with van der Waals surface area (Å²) in [5.41, 5.74) is 11.1. The topological polar surface area (TPSA) is 35.9 Å². The molecular weight excluding hydrogens is 667 g/mol. The number of rotatable bonds is 3. The first-order valence-electron chi connectivity index (χ1n) is 18.0. The second-order valence-electron chi connectivity index (χ2n) is 13.9. The largest absolute Gasteiger partial charge is 0.456 e. The molecule has 0 spiro atoms. The van der Waals surface area contributed by atoms with Crippen LogP contribution in [0, 0.1) is 0 Å². The van der Waals surface area contributed by atoms with Gasteiger partial charge in [0, 0.05) is 70.1 Å². The summed E-state index contributed by atoms with van der Waals surface area (Å²) in [4.78, 5) is 4.70. The van der Waals surface area contributed by atoms with Crippen molar-refractivity contribution in [3.63, 3.8) is 0 Å². The van der Waals surface area contributed by atoms with E-state index in [-0.39, 0.29) is 0 Å². The second kappa shape index (κ2) is 10.9. The molecule has 0 unspecified atom stereocenters. The Bertz CT molecular complexity index is 3420. The van der Waals surface area contributed by atoms with Crippen molar-refractivity contribution >= 4 is 108 Å². The minimum Gasteiger partial charge on any atom is -0.456 e. The Labute approximate surface area is 307 Å². The maximum atomic E-state index is 6.21. The summed E-state index contributed by atoms with van der Waals surface area (Å²) in [5, 5.41) is 9.99. The third-order valence-electron chi connectivity index (χ3n) is 11.0. The molecule has 0 amide bonds. The average Bonchev–Trinajstić information content (AvgIpc) is 3.91. The van der Waals surface area contributed by atoms with Crippen LogP contribution >= 0.6 is 11.3 Å². The second-order valence-corrected chi connectivity index (χ2v) is 14.9. The van der Waals surface area contributed by atoms with Crippen LogP contribution in [0.25, 0.3) is 103 Å². The van der Waals surface area contributed by atoms with Gasteiger partial charge < -0.3 is 13.6 Å². The summed E-state index contributed by atoms with van der Waals surface area (Å²) in [7, 11) is 0. The molecule has 0 bridgehead atoms. The van der Waals surface area contributed by atoms with E-state index in [4.69, 9.17) is 9.40 Å². The molecule has 5 aromatic heterocycles. The lowest BCUT2D eigenvalue weighted by Gasteiger charge is -2.10. The fourth-order valence-electron chi connectivity index (χ4n) is 8.72. The van der Waals surface area contributed by atoms with Gasteiger partial charge in [0.05, 0.1) is 27.8 Å². The van der Waals surface area contributed by atoms with Crippen LogP contribution in [0.1, 0.15) is 12.1 Å². The number of para-hydroxylation sites is 3. The highest BCUT2D eigenvalue weighted by Gasteiger charge is 2.22. The molecule has 0 atom stereocenters. The molecule has 12 rings (SSSR count). The molecule has 53 heavy (non-hydrogen) atoms. The van der Waals surface area contributed by atoms with Crippen LogP contribution in [0.3, 0.4) is 0 Å². The Morgan fingerprint density at radius 3 is 1.96 bits per heavy atom. The van der Waals surface area contributed by atoms with Gasteiger partial charge in [0.15, 0.2) is 0 Å². The lowest BCUT2D eigenvalue weighted by molar-refractivity contribution is 0.669. The fraction of sp³-hybridized carbons (Fsp3) is 0.0208. The molecule has 5 heterocycles. The van der Waals surface area contributed by atoms with Gasteiger partial charge in [-0.05, 0) is 84.8 Å². The number of hydrogen-bond acceptors (Lipinski definition) is 3. The van der Waals surface area contributed by atoms with E-state index in [1.165, 1.54) is 69.4 Å². The van der Waals surface area contributed by atoms with Gasteiger partial charge in [-0.25, -0.2) is 0 Å². The maximum absolute atomic E-state index is 6.21.